The van der Waals surface area contributed by atoms with Crippen LogP contribution in [0.25, 0.3) is 0 Å². The average molecular weight is 469 g/mol. The zero-order chi connectivity index (χ0) is 23.3. The third kappa shape index (κ3) is 5.68. The Labute approximate surface area is 192 Å². The second kappa shape index (κ2) is 10.0. The first kappa shape index (κ1) is 22.8. The highest BCUT2D eigenvalue weighted by Crippen LogP contribution is 2.32. The third-order valence-electron chi connectivity index (χ3n) is 5.19. The fourth-order valence-corrected chi connectivity index (χ4v) is 4.93. The number of aryl methyl sites for hydroxylation is 1. The van der Waals surface area contributed by atoms with Gasteiger partial charge in [0.25, 0.3) is 10.0 Å². The molecule has 9 heteroatoms. The van der Waals surface area contributed by atoms with E-state index >= 15 is 0 Å². The van der Waals surface area contributed by atoms with Gasteiger partial charge < -0.3 is 14.6 Å². The van der Waals surface area contributed by atoms with Crippen molar-refractivity contribution >= 4 is 16.0 Å². The minimum Gasteiger partial charge on any atom is -0.486 e. The van der Waals surface area contributed by atoms with Crippen LogP contribution in [0.4, 0.5) is 0 Å². The Kier molecular flexibility index (Phi) is 6.90. The van der Waals surface area contributed by atoms with Crippen LogP contribution in [0.3, 0.4) is 0 Å². The predicted octanol–water partition coefficient (Wildman–Crippen LogP) is 3.26. The lowest BCUT2D eigenvalue weighted by Crippen LogP contribution is -2.31. The second-order valence-electron chi connectivity index (χ2n) is 7.63. The summed E-state index contributed by atoms with van der Waals surface area (Å²) in [5.41, 5.74) is 2.35. The monoisotopic (exact) mass is 468 g/mol. The van der Waals surface area contributed by atoms with Gasteiger partial charge in [0.15, 0.2) is 16.5 Å². The van der Waals surface area contributed by atoms with Gasteiger partial charge in [-0.05, 0) is 47.4 Å². The maximum Gasteiger partial charge on any atom is 0.303 e. The maximum absolute atomic E-state index is 13.5. The van der Waals surface area contributed by atoms with Crippen LogP contribution in [0, 0.1) is 0 Å². The van der Waals surface area contributed by atoms with Crippen LogP contribution in [-0.4, -0.2) is 42.0 Å². The fourth-order valence-electron chi connectivity index (χ4n) is 3.59. The average Bonchev–Trinajstić information content (AvgIpc) is 2.83. The van der Waals surface area contributed by atoms with Crippen molar-refractivity contribution in [2.24, 2.45) is 0 Å². The highest BCUT2D eigenvalue weighted by Gasteiger charge is 2.27. The van der Waals surface area contributed by atoms with Crippen LogP contribution in [0.1, 0.15) is 23.1 Å². The molecular formula is C24H24N2O6S. The number of nitrogens with zero attached hydrogens (tertiary/aromatic N) is 2. The van der Waals surface area contributed by atoms with Gasteiger partial charge >= 0.3 is 5.97 Å². The highest BCUT2D eigenvalue weighted by molar-refractivity contribution is 7.89. The lowest BCUT2D eigenvalue weighted by Gasteiger charge is -2.24. The van der Waals surface area contributed by atoms with Crippen molar-refractivity contribution < 1.29 is 27.8 Å². The number of carboxylic acid groups (broad SMARTS) is 1. The number of benzene rings is 2. The molecule has 2 aromatic carbocycles. The number of aromatic nitrogens is 1. The number of carbonyl (C=O) groups is 1. The van der Waals surface area contributed by atoms with Crippen LogP contribution in [-0.2, 0) is 34.3 Å². The van der Waals surface area contributed by atoms with Gasteiger partial charge in [-0.25, -0.2) is 13.4 Å². The summed E-state index contributed by atoms with van der Waals surface area (Å²) in [6.45, 7) is 1.13. The molecule has 4 rings (SSSR count). The number of aliphatic carboxylic acids is 1. The Balaban J connectivity index is 1.64. The van der Waals surface area contributed by atoms with Gasteiger partial charge in [0.05, 0.1) is 0 Å². The topological polar surface area (TPSA) is 106 Å². The Morgan fingerprint density at radius 3 is 2.36 bits per heavy atom. The molecule has 0 aliphatic carbocycles. The van der Waals surface area contributed by atoms with Crippen molar-refractivity contribution in [1.29, 1.82) is 0 Å². The number of ether oxygens (including phenoxy) is 2. The van der Waals surface area contributed by atoms with Crippen molar-refractivity contribution in [3.05, 3.63) is 83.6 Å². The number of rotatable bonds is 9. The summed E-state index contributed by atoms with van der Waals surface area (Å²) in [5.74, 6) is 0.346. The molecule has 1 N–H and O–H groups in total. The van der Waals surface area contributed by atoms with Gasteiger partial charge in [0.1, 0.15) is 13.2 Å². The van der Waals surface area contributed by atoms with Crippen molar-refractivity contribution in [2.45, 2.75) is 31.0 Å². The van der Waals surface area contributed by atoms with Gasteiger partial charge in [0, 0.05) is 25.7 Å². The largest absolute Gasteiger partial charge is 0.486 e. The number of sulfonamides is 1. The minimum absolute atomic E-state index is 0.0105. The van der Waals surface area contributed by atoms with Crippen molar-refractivity contribution in [3.8, 4) is 11.5 Å². The molecule has 0 spiro atoms. The molecule has 0 radical (unpaired) electrons. The molecule has 0 atom stereocenters. The van der Waals surface area contributed by atoms with Crippen LogP contribution in [0.5, 0.6) is 11.5 Å². The van der Waals surface area contributed by atoms with Gasteiger partial charge in [-0.3, -0.25) is 4.79 Å². The van der Waals surface area contributed by atoms with Crippen LogP contribution >= 0.6 is 0 Å². The Morgan fingerprint density at radius 2 is 1.64 bits per heavy atom. The van der Waals surface area contributed by atoms with Crippen molar-refractivity contribution in [3.63, 3.8) is 0 Å². The molecule has 0 bridgehead atoms. The van der Waals surface area contributed by atoms with Gasteiger partial charge in [-0.2, -0.15) is 4.31 Å². The summed E-state index contributed by atoms with van der Waals surface area (Å²) in [4.78, 5) is 15.0. The van der Waals surface area contributed by atoms with E-state index in [2.05, 4.69) is 4.98 Å². The molecule has 0 unspecified atom stereocenters. The third-order valence-corrected chi connectivity index (χ3v) is 6.89. The van der Waals surface area contributed by atoms with E-state index in [-0.39, 0.29) is 24.5 Å². The van der Waals surface area contributed by atoms with E-state index in [1.165, 1.54) is 16.6 Å². The van der Waals surface area contributed by atoms with Crippen molar-refractivity contribution in [2.75, 3.05) is 13.2 Å². The van der Waals surface area contributed by atoms with E-state index in [0.717, 1.165) is 16.7 Å². The molecule has 172 valence electrons. The Bertz CT molecular complexity index is 1230. The highest BCUT2D eigenvalue weighted by atomic mass is 32.2. The summed E-state index contributed by atoms with van der Waals surface area (Å²) >= 11 is 0. The van der Waals surface area contributed by atoms with Crippen LogP contribution < -0.4 is 9.47 Å². The molecule has 2 heterocycles. The molecule has 0 amide bonds. The van der Waals surface area contributed by atoms with E-state index < -0.39 is 16.0 Å². The lowest BCUT2D eigenvalue weighted by molar-refractivity contribution is -0.136. The number of fused-ring (bicyclic) bond motifs is 1. The molecule has 1 aromatic heterocycles. The van der Waals surface area contributed by atoms with E-state index in [4.69, 9.17) is 14.6 Å². The molecular weight excluding hydrogens is 444 g/mol. The zero-order valence-electron chi connectivity index (χ0n) is 17.9. The zero-order valence-corrected chi connectivity index (χ0v) is 18.7. The van der Waals surface area contributed by atoms with E-state index in [1.54, 1.807) is 24.3 Å². The van der Waals surface area contributed by atoms with Crippen LogP contribution in [0.2, 0.25) is 0 Å². The molecule has 0 fully saturated rings. The molecule has 8 nitrogen and oxygen atoms in total. The number of hydrogen-bond acceptors (Lipinski definition) is 6. The summed E-state index contributed by atoms with van der Waals surface area (Å²) < 4.78 is 39.5. The molecule has 1 aliphatic rings. The summed E-state index contributed by atoms with van der Waals surface area (Å²) in [7, 11) is -3.90. The van der Waals surface area contributed by atoms with E-state index in [9.17, 15) is 13.2 Å². The van der Waals surface area contributed by atoms with E-state index in [0.29, 0.717) is 31.1 Å². The van der Waals surface area contributed by atoms with Crippen molar-refractivity contribution in [1.82, 2.24) is 9.29 Å². The molecule has 1 aliphatic heterocycles. The molecule has 3 aromatic rings. The Hall–Kier alpha value is -3.43. The standard InChI is InChI=1S/C24H24N2O6S/c27-24(28)10-8-18-4-3-5-19(14-18)16-26(33(29,30)23-6-1-2-11-25-23)17-20-7-9-21-22(15-20)32-13-12-31-21/h1-7,9,11,14-15H,8,10,12-13,16-17H2,(H,27,28). The number of hydrogen-bond donors (Lipinski definition) is 1. The number of pyridine rings is 1. The Morgan fingerprint density at radius 1 is 0.909 bits per heavy atom. The summed E-state index contributed by atoms with van der Waals surface area (Å²) in [6, 6.07) is 17.5. The van der Waals surface area contributed by atoms with Gasteiger partial charge in [-0.1, -0.05) is 36.4 Å². The van der Waals surface area contributed by atoms with E-state index in [1.807, 2.05) is 30.3 Å². The smallest absolute Gasteiger partial charge is 0.303 e. The SMILES string of the molecule is O=C(O)CCc1cccc(CN(Cc2ccc3c(c2)OCCO3)S(=O)(=O)c2ccccn2)c1. The molecule has 0 saturated carbocycles. The molecule has 0 saturated heterocycles. The van der Waals surface area contributed by atoms with Gasteiger partial charge in [-0.15, -0.1) is 0 Å². The van der Waals surface area contributed by atoms with Crippen LogP contribution in [0.15, 0.2) is 71.9 Å². The molecule has 33 heavy (non-hydrogen) atoms. The summed E-state index contributed by atoms with van der Waals surface area (Å²) in [5, 5.41) is 8.92. The first-order valence-corrected chi connectivity index (χ1v) is 11.9. The fraction of sp³-hybridized carbons (Fsp3) is 0.250. The second-order valence-corrected chi connectivity index (χ2v) is 9.52. The quantitative estimate of drug-likeness (QED) is 0.514. The first-order valence-electron chi connectivity index (χ1n) is 10.5. The van der Waals surface area contributed by atoms with Gasteiger partial charge in [0.2, 0.25) is 0 Å². The maximum atomic E-state index is 13.5. The minimum atomic E-state index is -3.90. The summed E-state index contributed by atoms with van der Waals surface area (Å²) in [6.07, 6.45) is 1.83. The number of carboxylic acids is 1. The predicted molar refractivity (Wildman–Crippen MR) is 121 cm³/mol. The normalized spacial score (nSPS) is 13.1. The first-order chi connectivity index (χ1) is 15.9. The lowest BCUT2D eigenvalue weighted by atomic mass is 10.1.